The average molecular weight is 348 g/mol. The van der Waals surface area contributed by atoms with Gasteiger partial charge in [-0.25, -0.2) is 0 Å². The van der Waals surface area contributed by atoms with Crippen molar-refractivity contribution >= 4 is 39.8 Å². The number of benzene rings is 1. The first-order chi connectivity index (χ1) is 11.0. The highest BCUT2D eigenvalue weighted by atomic mass is 32.2. The Morgan fingerprint density at radius 1 is 1.35 bits per heavy atom. The lowest BCUT2D eigenvalue weighted by molar-refractivity contribution is -0.120. The number of hydrogen-bond donors (Lipinski definition) is 2. The van der Waals surface area contributed by atoms with E-state index in [1.54, 1.807) is 0 Å². The Labute approximate surface area is 144 Å². The number of hydrogen-bond acceptors (Lipinski definition) is 6. The minimum atomic E-state index is -0.155. The Hall–Kier alpha value is -1.60. The van der Waals surface area contributed by atoms with Crippen LogP contribution in [-0.2, 0) is 4.79 Å². The maximum Gasteiger partial charge on any atom is 0.233 e. The molecule has 1 heterocycles. The summed E-state index contributed by atoms with van der Waals surface area (Å²) in [6.45, 7) is 6.07. The van der Waals surface area contributed by atoms with Gasteiger partial charge < -0.3 is 10.6 Å². The van der Waals surface area contributed by atoms with Crippen molar-refractivity contribution in [3.63, 3.8) is 0 Å². The van der Waals surface area contributed by atoms with E-state index in [-0.39, 0.29) is 11.2 Å². The van der Waals surface area contributed by atoms with Crippen LogP contribution in [0.3, 0.4) is 0 Å². The first-order valence-corrected chi connectivity index (χ1v) is 9.36. The number of aromatic nitrogens is 2. The van der Waals surface area contributed by atoms with Crippen molar-refractivity contribution in [2.45, 2.75) is 49.2 Å². The van der Waals surface area contributed by atoms with Gasteiger partial charge in [0, 0.05) is 11.7 Å². The highest BCUT2D eigenvalue weighted by molar-refractivity contribution is 8.02. The van der Waals surface area contributed by atoms with E-state index in [9.17, 15) is 4.79 Å². The number of thioether (sulfide) groups is 1. The molecule has 7 heteroatoms. The van der Waals surface area contributed by atoms with Crippen molar-refractivity contribution in [2.24, 2.45) is 0 Å². The first kappa shape index (κ1) is 16.3. The lowest BCUT2D eigenvalue weighted by atomic mass is 10.1. The van der Waals surface area contributed by atoms with Gasteiger partial charge >= 0.3 is 0 Å². The van der Waals surface area contributed by atoms with Gasteiger partial charge in [-0.1, -0.05) is 35.2 Å². The van der Waals surface area contributed by atoms with Crippen LogP contribution in [-0.4, -0.2) is 27.4 Å². The summed E-state index contributed by atoms with van der Waals surface area (Å²) in [5, 5.41) is 15.3. The third-order valence-electron chi connectivity index (χ3n) is 3.82. The molecular weight excluding hydrogens is 328 g/mol. The quantitative estimate of drug-likeness (QED) is 0.780. The molecule has 1 saturated carbocycles. The van der Waals surface area contributed by atoms with Gasteiger partial charge in [0.05, 0.1) is 5.25 Å². The molecule has 0 radical (unpaired) electrons. The SMILES string of the molecule is Cc1cccc(Nc2nnc(SC(C)C(=O)NC3CC3)s2)c1C. The number of aryl methyl sites for hydroxylation is 1. The van der Waals surface area contributed by atoms with Crippen molar-refractivity contribution < 1.29 is 4.79 Å². The first-order valence-electron chi connectivity index (χ1n) is 7.66. The van der Waals surface area contributed by atoms with Crippen molar-refractivity contribution in [2.75, 3.05) is 5.32 Å². The second kappa shape index (κ2) is 6.88. The van der Waals surface area contributed by atoms with Gasteiger partial charge in [0.2, 0.25) is 11.0 Å². The Morgan fingerprint density at radius 2 is 2.13 bits per heavy atom. The molecule has 0 aliphatic heterocycles. The summed E-state index contributed by atoms with van der Waals surface area (Å²) in [6, 6.07) is 6.53. The molecule has 0 spiro atoms. The minimum Gasteiger partial charge on any atom is -0.352 e. The predicted octanol–water partition coefficient (Wildman–Crippen LogP) is 3.66. The van der Waals surface area contributed by atoms with E-state index in [4.69, 9.17) is 0 Å². The van der Waals surface area contributed by atoms with E-state index in [0.717, 1.165) is 28.0 Å². The maximum atomic E-state index is 12.0. The van der Waals surface area contributed by atoms with E-state index in [0.29, 0.717) is 6.04 Å². The van der Waals surface area contributed by atoms with Crippen molar-refractivity contribution in [3.05, 3.63) is 29.3 Å². The smallest absolute Gasteiger partial charge is 0.233 e. The molecule has 1 atom stereocenters. The molecule has 1 fully saturated rings. The zero-order valence-electron chi connectivity index (χ0n) is 13.4. The summed E-state index contributed by atoms with van der Waals surface area (Å²) in [5.74, 6) is 0.0803. The van der Waals surface area contributed by atoms with Crippen LogP contribution in [0, 0.1) is 13.8 Å². The molecule has 5 nitrogen and oxygen atoms in total. The number of nitrogens with one attached hydrogen (secondary N) is 2. The number of rotatable bonds is 6. The minimum absolute atomic E-state index is 0.0803. The summed E-state index contributed by atoms with van der Waals surface area (Å²) < 4.78 is 0.802. The molecule has 0 bridgehead atoms. The Morgan fingerprint density at radius 3 is 2.87 bits per heavy atom. The van der Waals surface area contributed by atoms with Crippen molar-refractivity contribution in [1.29, 1.82) is 0 Å². The molecule has 2 aromatic rings. The number of carbonyl (C=O) groups is 1. The van der Waals surface area contributed by atoms with E-state index < -0.39 is 0 Å². The van der Waals surface area contributed by atoms with Gasteiger partial charge in [-0.05, 0) is 50.8 Å². The van der Waals surface area contributed by atoms with E-state index in [1.807, 2.05) is 19.1 Å². The van der Waals surface area contributed by atoms with Crippen LogP contribution in [0.5, 0.6) is 0 Å². The molecule has 0 saturated heterocycles. The number of amides is 1. The van der Waals surface area contributed by atoms with Gasteiger partial charge in [-0.15, -0.1) is 10.2 Å². The summed E-state index contributed by atoms with van der Waals surface area (Å²) in [6.07, 6.45) is 2.21. The monoisotopic (exact) mass is 348 g/mol. The van der Waals surface area contributed by atoms with Crippen LogP contribution < -0.4 is 10.6 Å². The summed E-state index contributed by atoms with van der Waals surface area (Å²) in [7, 11) is 0. The molecular formula is C16H20N4OS2. The van der Waals surface area contributed by atoms with Crippen LogP contribution in [0.25, 0.3) is 0 Å². The average Bonchev–Trinajstić information content (AvgIpc) is 3.22. The van der Waals surface area contributed by atoms with Crippen LogP contribution in [0.4, 0.5) is 10.8 Å². The topological polar surface area (TPSA) is 66.9 Å². The summed E-state index contributed by atoms with van der Waals surface area (Å²) in [4.78, 5) is 12.0. The second-order valence-corrected chi connectivity index (χ2v) is 8.35. The van der Waals surface area contributed by atoms with Crippen LogP contribution in [0.15, 0.2) is 22.5 Å². The van der Waals surface area contributed by atoms with Crippen LogP contribution >= 0.6 is 23.1 Å². The molecule has 3 rings (SSSR count). The zero-order chi connectivity index (χ0) is 16.4. The van der Waals surface area contributed by atoms with Gasteiger partial charge in [0.25, 0.3) is 0 Å². The Bertz CT molecular complexity index is 712. The molecule has 2 N–H and O–H groups in total. The van der Waals surface area contributed by atoms with Gasteiger partial charge in [-0.3, -0.25) is 4.79 Å². The molecule has 1 unspecified atom stereocenters. The van der Waals surface area contributed by atoms with Crippen LogP contribution in [0.2, 0.25) is 0 Å². The lowest BCUT2D eigenvalue weighted by Crippen LogP contribution is -2.32. The van der Waals surface area contributed by atoms with E-state index >= 15 is 0 Å². The van der Waals surface area contributed by atoms with Crippen molar-refractivity contribution in [3.8, 4) is 0 Å². The highest BCUT2D eigenvalue weighted by Crippen LogP contribution is 2.32. The molecule has 1 aromatic heterocycles. The summed E-state index contributed by atoms with van der Waals surface area (Å²) in [5.41, 5.74) is 3.48. The Balaban J connectivity index is 1.61. The predicted molar refractivity (Wildman–Crippen MR) is 95.6 cm³/mol. The highest BCUT2D eigenvalue weighted by Gasteiger charge is 2.26. The fraction of sp³-hybridized carbons (Fsp3) is 0.438. The standard InChI is InChI=1S/C16H20N4OS2/c1-9-5-4-6-13(10(9)2)18-15-19-20-16(23-15)22-11(3)14(21)17-12-7-8-12/h4-6,11-12H,7-8H2,1-3H3,(H,17,21)(H,18,19). The second-order valence-electron chi connectivity index (χ2n) is 5.79. The number of carbonyl (C=O) groups excluding carboxylic acids is 1. The third kappa shape index (κ3) is 4.23. The molecule has 1 amide bonds. The van der Waals surface area contributed by atoms with Crippen molar-refractivity contribution in [1.82, 2.24) is 15.5 Å². The third-order valence-corrected chi connectivity index (χ3v) is 5.85. The van der Waals surface area contributed by atoms with Gasteiger partial charge in [-0.2, -0.15) is 0 Å². The molecule has 23 heavy (non-hydrogen) atoms. The fourth-order valence-electron chi connectivity index (χ4n) is 2.06. The van der Waals surface area contributed by atoms with Crippen LogP contribution in [0.1, 0.15) is 30.9 Å². The lowest BCUT2D eigenvalue weighted by Gasteiger charge is -2.09. The maximum absolute atomic E-state index is 12.0. The molecule has 1 aliphatic rings. The largest absolute Gasteiger partial charge is 0.352 e. The van der Waals surface area contributed by atoms with E-state index in [2.05, 4.69) is 40.7 Å². The van der Waals surface area contributed by atoms with E-state index in [1.165, 1.54) is 34.2 Å². The van der Waals surface area contributed by atoms with Gasteiger partial charge in [0.1, 0.15) is 0 Å². The summed E-state index contributed by atoms with van der Waals surface area (Å²) >= 11 is 2.93. The zero-order valence-corrected chi connectivity index (χ0v) is 15.1. The fourth-order valence-corrected chi connectivity index (χ4v) is 3.98. The normalized spacial score (nSPS) is 15.3. The van der Waals surface area contributed by atoms with Gasteiger partial charge in [0.15, 0.2) is 4.34 Å². The molecule has 1 aliphatic carbocycles. The number of nitrogens with zero attached hydrogens (tertiary/aromatic N) is 2. The Kier molecular flexibility index (Phi) is 4.87. The molecule has 122 valence electrons. The number of anilines is 2. The molecule has 1 aromatic carbocycles.